The molecule has 0 aromatic heterocycles. The minimum absolute atomic E-state index is 0.369. The number of carboxylic acids is 1. The topological polar surface area (TPSA) is 37.3 Å². The fraction of sp³-hybridized carbons (Fsp3) is 0.812. The maximum atomic E-state index is 10.6. The third kappa shape index (κ3) is 1.44. The molecule has 2 nitrogen and oxygen atoms in total. The number of carboxylic acid groups (broad SMARTS) is 1. The molecule has 0 aliphatic heterocycles. The highest BCUT2D eigenvalue weighted by Gasteiger charge is 2.60. The highest BCUT2D eigenvalue weighted by Crippen LogP contribution is 2.67. The van der Waals surface area contributed by atoms with Crippen LogP contribution in [0.15, 0.2) is 12.2 Å². The van der Waals surface area contributed by atoms with Gasteiger partial charge in [-0.1, -0.05) is 12.2 Å². The van der Waals surface area contributed by atoms with Gasteiger partial charge in [0.05, 0.1) is 0 Å². The van der Waals surface area contributed by atoms with Gasteiger partial charge in [-0.2, -0.15) is 0 Å². The highest BCUT2D eigenvalue weighted by atomic mass is 16.4. The summed E-state index contributed by atoms with van der Waals surface area (Å²) in [5, 5.41) is 8.75. The van der Waals surface area contributed by atoms with Crippen molar-refractivity contribution in [2.24, 2.45) is 41.4 Å². The monoisotopic (exact) mass is 246 g/mol. The van der Waals surface area contributed by atoms with Crippen molar-refractivity contribution >= 4 is 5.97 Å². The number of carbonyl (C=O) groups is 1. The highest BCUT2D eigenvalue weighted by molar-refractivity contribution is 5.66. The molecule has 4 bridgehead atoms. The summed E-state index contributed by atoms with van der Waals surface area (Å²) in [5.74, 6) is 5.94. The standard InChI is InChI=1S/C16H22O2/c17-14(18)3-1-2-9-6-12-8-13(9)16-11-5-4-10(7-11)15(12)16/h4-5,9-13,15-16H,1-3,6-8H2,(H,17,18). The first-order valence-corrected chi connectivity index (χ1v) is 7.64. The molecule has 0 spiro atoms. The van der Waals surface area contributed by atoms with E-state index >= 15 is 0 Å². The van der Waals surface area contributed by atoms with Gasteiger partial charge in [0.1, 0.15) is 0 Å². The molecule has 4 rings (SSSR count). The Labute approximate surface area is 108 Å². The van der Waals surface area contributed by atoms with Crippen LogP contribution >= 0.6 is 0 Å². The average Bonchev–Trinajstić information content (AvgIpc) is 3.06. The normalized spacial score (nSPS) is 51.0. The first kappa shape index (κ1) is 11.1. The first-order chi connectivity index (χ1) is 8.74. The molecule has 7 unspecified atom stereocenters. The van der Waals surface area contributed by atoms with Gasteiger partial charge in [-0.15, -0.1) is 0 Å². The number of hydrogen-bond acceptors (Lipinski definition) is 1. The van der Waals surface area contributed by atoms with Gasteiger partial charge in [0.25, 0.3) is 0 Å². The lowest BCUT2D eigenvalue weighted by molar-refractivity contribution is -0.137. The number of rotatable bonds is 4. The fourth-order valence-corrected chi connectivity index (χ4v) is 6.00. The van der Waals surface area contributed by atoms with E-state index in [9.17, 15) is 4.79 Å². The maximum absolute atomic E-state index is 10.6. The molecule has 0 aromatic carbocycles. The molecular formula is C16H22O2. The first-order valence-electron chi connectivity index (χ1n) is 7.64. The van der Waals surface area contributed by atoms with E-state index in [0.29, 0.717) is 6.42 Å². The van der Waals surface area contributed by atoms with E-state index in [0.717, 1.165) is 54.3 Å². The average molecular weight is 246 g/mol. The van der Waals surface area contributed by atoms with Crippen LogP contribution < -0.4 is 0 Å². The van der Waals surface area contributed by atoms with Crippen LogP contribution in [0.5, 0.6) is 0 Å². The Hall–Kier alpha value is -0.790. The molecule has 2 heteroatoms. The molecule has 7 atom stereocenters. The molecule has 0 radical (unpaired) electrons. The summed E-state index contributed by atoms with van der Waals surface area (Å²) < 4.78 is 0. The number of allylic oxidation sites excluding steroid dienone is 2. The minimum atomic E-state index is -0.626. The van der Waals surface area contributed by atoms with Gasteiger partial charge in [0.15, 0.2) is 0 Å². The van der Waals surface area contributed by atoms with Crippen molar-refractivity contribution in [3.8, 4) is 0 Å². The second kappa shape index (κ2) is 3.85. The van der Waals surface area contributed by atoms with E-state index in [1.54, 1.807) is 0 Å². The largest absolute Gasteiger partial charge is 0.481 e. The minimum Gasteiger partial charge on any atom is -0.481 e. The van der Waals surface area contributed by atoms with Crippen molar-refractivity contribution in [2.45, 2.75) is 38.5 Å². The van der Waals surface area contributed by atoms with Gasteiger partial charge >= 0.3 is 5.97 Å². The van der Waals surface area contributed by atoms with E-state index in [-0.39, 0.29) is 0 Å². The predicted molar refractivity (Wildman–Crippen MR) is 68.9 cm³/mol. The van der Waals surface area contributed by atoms with Gasteiger partial charge < -0.3 is 5.11 Å². The zero-order valence-electron chi connectivity index (χ0n) is 10.8. The summed E-state index contributed by atoms with van der Waals surface area (Å²) in [6.07, 6.45) is 11.7. The second-order valence-corrected chi connectivity index (χ2v) is 7.04. The van der Waals surface area contributed by atoms with Crippen LogP contribution in [0.3, 0.4) is 0 Å². The summed E-state index contributed by atoms with van der Waals surface area (Å²) in [4.78, 5) is 10.6. The fourth-order valence-electron chi connectivity index (χ4n) is 6.00. The third-order valence-electron chi connectivity index (χ3n) is 6.37. The van der Waals surface area contributed by atoms with Gasteiger partial charge in [-0.3, -0.25) is 4.79 Å². The molecule has 3 fully saturated rings. The lowest BCUT2D eigenvalue weighted by Crippen LogP contribution is -2.31. The second-order valence-electron chi connectivity index (χ2n) is 7.04. The van der Waals surface area contributed by atoms with Crippen LogP contribution in [0, 0.1) is 41.4 Å². The Kier molecular flexibility index (Phi) is 2.37. The Morgan fingerprint density at radius 1 is 1.11 bits per heavy atom. The molecule has 4 aliphatic carbocycles. The quantitative estimate of drug-likeness (QED) is 0.610. The lowest BCUT2D eigenvalue weighted by Gasteiger charge is -2.36. The Morgan fingerprint density at radius 3 is 2.67 bits per heavy atom. The molecule has 0 amide bonds. The van der Waals surface area contributed by atoms with Gasteiger partial charge in [0, 0.05) is 6.42 Å². The van der Waals surface area contributed by atoms with Crippen LogP contribution in [0.2, 0.25) is 0 Å². The molecule has 0 heterocycles. The van der Waals surface area contributed by atoms with E-state index in [1.807, 2.05) is 0 Å². The Bertz CT molecular complexity index is 400. The summed E-state index contributed by atoms with van der Waals surface area (Å²) in [6.45, 7) is 0. The van der Waals surface area contributed by atoms with Crippen LogP contribution in [0.4, 0.5) is 0 Å². The van der Waals surface area contributed by atoms with Crippen molar-refractivity contribution < 1.29 is 9.90 Å². The molecular weight excluding hydrogens is 224 g/mol. The molecule has 0 saturated heterocycles. The van der Waals surface area contributed by atoms with E-state index in [2.05, 4.69) is 12.2 Å². The zero-order valence-corrected chi connectivity index (χ0v) is 10.8. The van der Waals surface area contributed by atoms with Crippen molar-refractivity contribution in [3.63, 3.8) is 0 Å². The molecule has 98 valence electrons. The van der Waals surface area contributed by atoms with Crippen molar-refractivity contribution in [1.82, 2.24) is 0 Å². The van der Waals surface area contributed by atoms with Gasteiger partial charge in [-0.05, 0) is 73.5 Å². The van der Waals surface area contributed by atoms with Crippen LogP contribution in [0.1, 0.15) is 38.5 Å². The summed E-state index contributed by atoms with van der Waals surface area (Å²) in [6, 6.07) is 0. The lowest BCUT2D eigenvalue weighted by atomic mass is 9.68. The smallest absolute Gasteiger partial charge is 0.303 e. The van der Waals surface area contributed by atoms with Crippen LogP contribution in [0.25, 0.3) is 0 Å². The van der Waals surface area contributed by atoms with Crippen molar-refractivity contribution in [2.75, 3.05) is 0 Å². The predicted octanol–water partition coefficient (Wildman–Crippen LogP) is 3.34. The summed E-state index contributed by atoms with van der Waals surface area (Å²) in [7, 11) is 0. The van der Waals surface area contributed by atoms with Crippen LogP contribution in [-0.4, -0.2) is 11.1 Å². The molecule has 1 N–H and O–H groups in total. The number of hydrogen-bond donors (Lipinski definition) is 1. The van der Waals surface area contributed by atoms with Gasteiger partial charge in [-0.25, -0.2) is 0 Å². The molecule has 18 heavy (non-hydrogen) atoms. The number of aliphatic carboxylic acids is 1. The summed E-state index contributed by atoms with van der Waals surface area (Å²) in [5.41, 5.74) is 0. The van der Waals surface area contributed by atoms with Crippen LogP contribution in [-0.2, 0) is 4.79 Å². The third-order valence-corrected chi connectivity index (χ3v) is 6.37. The SMILES string of the molecule is O=C(O)CCCC1CC2CC1C1C3C=CC(C3)C21. The maximum Gasteiger partial charge on any atom is 0.303 e. The Morgan fingerprint density at radius 2 is 1.89 bits per heavy atom. The van der Waals surface area contributed by atoms with Crippen molar-refractivity contribution in [1.29, 1.82) is 0 Å². The van der Waals surface area contributed by atoms with E-state index in [4.69, 9.17) is 5.11 Å². The summed E-state index contributed by atoms with van der Waals surface area (Å²) >= 11 is 0. The van der Waals surface area contributed by atoms with Gasteiger partial charge in [0.2, 0.25) is 0 Å². The van der Waals surface area contributed by atoms with E-state index in [1.165, 1.54) is 19.3 Å². The van der Waals surface area contributed by atoms with Crippen molar-refractivity contribution in [3.05, 3.63) is 12.2 Å². The number of fused-ring (bicyclic) bond motifs is 9. The zero-order chi connectivity index (χ0) is 12.3. The molecule has 4 aliphatic rings. The van der Waals surface area contributed by atoms with E-state index < -0.39 is 5.97 Å². The molecule has 3 saturated carbocycles. The molecule has 0 aromatic rings. The Balaban J connectivity index is 1.43.